The van der Waals surface area contributed by atoms with Crippen molar-refractivity contribution in [3.8, 4) is 11.5 Å². The molecule has 2 aromatic rings. The van der Waals surface area contributed by atoms with E-state index in [9.17, 15) is 18.0 Å². The number of rotatable bonds is 4. The van der Waals surface area contributed by atoms with Gasteiger partial charge in [-0.2, -0.15) is 0 Å². The summed E-state index contributed by atoms with van der Waals surface area (Å²) in [5.74, 6) is 0.239. The molecule has 0 radical (unpaired) electrons. The van der Waals surface area contributed by atoms with Gasteiger partial charge in [0.15, 0.2) is 0 Å². The van der Waals surface area contributed by atoms with E-state index in [1.807, 2.05) is 11.0 Å². The molecule has 0 atom stereocenters. The Morgan fingerprint density at radius 2 is 2.00 bits per heavy atom. The summed E-state index contributed by atoms with van der Waals surface area (Å²) in [5, 5.41) is 2.94. The Morgan fingerprint density at radius 3 is 2.75 bits per heavy atom. The molecule has 1 N–H and O–H groups in total. The second kappa shape index (κ2) is 7.26. The van der Waals surface area contributed by atoms with Crippen molar-refractivity contribution in [2.75, 3.05) is 18.1 Å². The van der Waals surface area contributed by atoms with E-state index in [0.29, 0.717) is 36.7 Å². The molecular formula is C20H19F3N2O3. The van der Waals surface area contributed by atoms with Gasteiger partial charge in [-0.05, 0) is 37.1 Å². The van der Waals surface area contributed by atoms with E-state index in [2.05, 4.69) is 10.1 Å². The van der Waals surface area contributed by atoms with Crippen LogP contribution in [0.1, 0.15) is 28.8 Å². The number of alkyl halides is 3. The first-order valence-electron chi connectivity index (χ1n) is 9.05. The lowest BCUT2D eigenvalue weighted by Gasteiger charge is -2.23. The van der Waals surface area contributed by atoms with Crippen molar-refractivity contribution < 1.29 is 27.4 Å². The minimum atomic E-state index is -4.73. The largest absolute Gasteiger partial charge is 0.573 e. The van der Waals surface area contributed by atoms with Gasteiger partial charge in [0.2, 0.25) is 0 Å². The molecule has 1 aliphatic carbocycles. The number of halogens is 3. The predicted molar refractivity (Wildman–Crippen MR) is 96.6 cm³/mol. The Labute approximate surface area is 160 Å². The van der Waals surface area contributed by atoms with Crippen LogP contribution in [0.25, 0.3) is 0 Å². The Hall–Kier alpha value is -2.90. The molecule has 1 saturated carbocycles. The van der Waals surface area contributed by atoms with Crippen molar-refractivity contribution in [3.63, 3.8) is 0 Å². The fraction of sp³-hybridized carbons (Fsp3) is 0.350. The number of carbonyl (C=O) groups excluding carboxylic acids is 1. The predicted octanol–water partition coefficient (Wildman–Crippen LogP) is 3.88. The van der Waals surface area contributed by atoms with Gasteiger partial charge in [-0.15, -0.1) is 13.2 Å². The van der Waals surface area contributed by atoms with Crippen LogP contribution in [0.5, 0.6) is 11.5 Å². The molecule has 1 fully saturated rings. The van der Waals surface area contributed by atoms with Crippen LogP contribution in [0, 0.1) is 0 Å². The van der Waals surface area contributed by atoms with Crippen molar-refractivity contribution in [3.05, 3.63) is 53.6 Å². The number of ether oxygens (including phenoxy) is 2. The fourth-order valence-corrected chi connectivity index (χ4v) is 3.11. The maximum atomic E-state index is 12.5. The van der Waals surface area contributed by atoms with Gasteiger partial charge in [0.05, 0.1) is 6.54 Å². The normalized spacial score (nSPS) is 16.6. The van der Waals surface area contributed by atoms with Crippen LogP contribution in [-0.2, 0) is 6.54 Å². The number of nitrogens with one attached hydrogen (secondary N) is 1. The van der Waals surface area contributed by atoms with E-state index in [1.165, 1.54) is 18.2 Å². The maximum Gasteiger partial charge on any atom is 0.573 e. The average Bonchev–Trinajstić information content (AvgIpc) is 3.46. The topological polar surface area (TPSA) is 50.8 Å². The van der Waals surface area contributed by atoms with Gasteiger partial charge in [0.1, 0.15) is 18.1 Å². The van der Waals surface area contributed by atoms with E-state index in [4.69, 9.17) is 4.74 Å². The molecule has 0 bridgehead atoms. The first-order chi connectivity index (χ1) is 13.4. The van der Waals surface area contributed by atoms with Crippen molar-refractivity contribution in [2.45, 2.75) is 31.8 Å². The molecule has 2 aromatic carbocycles. The van der Waals surface area contributed by atoms with Gasteiger partial charge in [0, 0.05) is 35.5 Å². The molecule has 2 aliphatic rings. The Morgan fingerprint density at radius 1 is 1.18 bits per heavy atom. The van der Waals surface area contributed by atoms with Crippen LogP contribution in [0.2, 0.25) is 0 Å². The third kappa shape index (κ3) is 4.49. The standard InChI is InChI=1S/C20H19F3N2O3/c21-20(22,23)28-17-3-1-2-16(11-17)25-8-9-27-18-10-13(4-5-14(18)12-25)19(26)24-15-6-7-15/h1-5,10-11,15H,6-9,12H2,(H,24,26). The van der Waals surface area contributed by atoms with Gasteiger partial charge in [-0.25, -0.2) is 0 Å². The lowest BCUT2D eigenvalue weighted by atomic mass is 10.1. The summed E-state index contributed by atoms with van der Waals surface area (Å²) in [7, 11) is 0. The number of hydrogen-bond donors (Lipinski definition) is 1. The summed E-state index contributed by atoms with van der Waals surface area (Å²) in [5.41, 5.74) is 2.01. The van der Waals surface area contributed by atoms with E-state index < -0.39 is 6.36 Å². The highest BCUT2D eigenvalue weighted by molar-refractivity contribution is 5.95. The summed E-state index contributed by atoms with van der Waals surface area (Å²) >= 11 is 0. The second-order valence-corrected chi connectivity index (χ2v) is 6.89. The molecule has 0 aromatic heterocycles. The average molecular weight is 392 g/mol. The zero-order valence-corrected chi connectivity index (χ0v) is 15.0. The molecule has 0 spiro atoms. The summed E-state index contributed by atoms with van der Waals surface area (Å²) in [6.07, 6.45) is -2.71. The van der Waals surface area contributed by atoms with Gasteiger partial charge in [-0.3, -0.25) is 4.79 Å². The molecule has 4 rings (SSSR count). The Balaban J connectivity index is 1.52. The van der Waals surface area contributed by atoms with Crippen molar-refractivity contribution in [1.29, 1.82) is 0 Å². The SMILES string of the molecule is O=C(NC1CC1)c1ccc2c(c1)OCCN(c1cccc(OC(F)(F)F)c1)C2. The number of hydrogen-bond acceptors (Lipinski definition) is 4. The fourth-order valence-electron chi connectivity index (χ4n) is 3.11. The van der Waals surface area contributed by atoms with Crippen molar-refractivity contribution in [1.82, 2.24) is 5.32 Å². The first kappa shape index (κ1) is 18.5. The zero-order chi connectivity index (χ0) is 19.7. The van der Waals surface area contributed by atoms with Gasteiger partial charge in [0.25, 0.3) is 5.91 Å². The van der Waals surface area contributed by atoms with Crippen LogP contribution in [0.3, 0.4) is 0 Å². The number of benzene rings is 2. The number of amides is 1. The van der Waals surface area contributed by atoms with Gasteiger partial charge < -0.3 is 19.7 Å². The zero-order valence-electron chi connectivity index (χ0n) is 15.0. The van der Waals surface area contributed by atoms with Crippen LogP contribution >= 0.6 is 0 Å². The smallest absolute Gasteiger partial charge is 0.491 e. The Kier molecular flexibility index (Phi) is 4.78. The minimum Gasteiger partial charge on any atom is -0.491 e. The van der Waals surface area contributed by atoms with Gasteiger partial charge >= 0.3 is 6.36 Å². The van der Waals surface area contributed by atoms with Crippen LogP contribution in [0.4, 0.5) is 18.9 Å². The molecule has 8 heteroatoms. The second-order valence-electron chi connectivity index (χ2n) is 6.89. The Bertz CT molecular complexity index is 881. The number of anilines is 1. The molecule has 1 heterocycles. The van der Waals surface area contributed by atoms with Crippen LogP contribution < -0.4 is 19.7 Å². The molecule has 1 aliphatic heterocycles. The van der Waals surface area contributed by atoms with E-state index >= 15 is 0 Å². The summed E-state index contributed by atoms with van der Waals surface area (Å²) < 4.78 is 47.2. The highest BCUT2D eigenvalue weighted by Gasteiger charge is 2.31. The maximum absolute atomic E-state index is 12.5. The molecule has 5 nitrogen and oxygen atoms in total. The summed E-state index contributed by atoms with van der Waals surface area (Å²) in [6.45, 7) is 1.30. The lowest BCUT2D eigenvalue weighted by Crippen LogP contribution is -2.25. The summed E-state index contributed by atoms with van der Waals surface area (Å²) in [6, 6.07) is 11.4. The first-order valence-corrected chi connectivity index (χ1v) is 9.05. The molecular weight excluding hydrogens is 373 g/mol. The van der Waals surface area contributed by atoms with Crippen LogP contribution in [0.15, 0.2) is 42.5 Å². The van der Waals surface area contributed by atoms with E-state index in [-0.39, 0.29) is 17.7 Å². The lowest BCUT2D eigenvalue weighted by molar-refractivity contribution is -0.274. The molecule has 0 unspecified atom stereocenters. The molecule has 148 valence electrons. The van der Waals surface area contributed by atoms with Crippen molar-refractivity contribution >= 4 is 11.6 Å². The monoisotopic (exact) mass is 392 g/mol. The third-order valence-electron chi connectivity index (χ3n) is 4.64. The molecule has 28 heavy (non-hydrogen) atoms. The number of nitrogens with zero attached hydrogens (tertiary/aromatic N) is 1. The van der Waals surface area contributed by atoms with Crippen molar-refractivity contribution in [2.24, 2.45) is 0 Å². The number of fused-ring (bicyclic) bond motifs is 1. The number of carbonyl (C=O) groups is 1. The highest BCUT2D eigenvalue weighted by atomic mass is 19.4. The molecule has 0 saturated heterocycles. The molecule has 1 amide bonds. The highest BCUT2D eigenvalue weighted by Crippen LogP contribution is 2.31. The minimum absolute atomic E-state index is 0.119. The quantitative estimate of drug-likeness (QED) is 0.858. The van der Waals surface area contributed by atoms with E-state index in [1.54, 1.807) is 18.2 Å². The van der Waals surface area contributed by atoms with Gasteiger partial charge in [-0.1, -0.05) is 12.1 Å². The third-order valence-corrected chi connectivity index (χ3v) is 4.64. The van der Waals surface area contributed by atoms with Crippen LogP contribution in [-0.4, -0.2) is 31.5 Å². The summed E-state index contributed by atoms with van der Waals surface area (Å²) in [4.78, 5) is 14.1. The van der Waals surface area contributed by atoms with E-state index in [0.717, 1.165) is 18.4 Å².